The number of hydrogen-bond acceptors (Lipinski definition) is 3. The topological polar surface area (TPSA) is 80.5 Å². The van der Waals surface area contributed by atoms with Gasteiger partial charge in [0.1, 0.15) is 6.04 Å². The number of nitrogens with zero attached hydrogens (tertiary/aromatic N) is 1. The van der Waals surface area contributed by atoms with Crippen LogP contribution in [0.4, 0.5) is 0 Å². The molecule has 1 rings (SSSR count). The van der Waals surface area contributed by atoms with Crippen molar-refractivity contribution in [1.82, 2.24) is 4.31 Å². The summed E-state index contributed by atoms with van der Waals surface area (Å²) in [5, 5.41) is 0. The van der Waals surface area contributed by atoms with Gasteiger partial charge in [-0.05, 0) is 12.8 Å². The van der Waals surface area contributed by atoms with Gasteiger partial charge in [0.15, 0.2) is 0 Å². The standard InChI is InChI=1S/C9H14N2O3S/c1-2-3-4-7-15(13,14)11-6-5-8(11)9(10)12/h1,8H,3-7H2,(H2,10,12). The largest absolute Gasteiger partial charge is 0.368 e. The van der Waals surface area contributed by atoms with Gasteiger partial charge in [0.25, 0.3) is 0 Å². The molecule has 1 aliphatic rings. The van der Waals surface area contributed by atoms with E-state index in [9.17, 15) is 13.2 Å². The van der Waals surface area contributed by atoms with Crippen LogP contribution in [0.2, 0.25) is 0 Å². The number of primary amides is 1. The number of amides is 1. The van der Waals surface area contributed by atoms with Crippen molar-refractivity contribution < 1.29 is 13.2 Å². The van der Waals surface area contributed by atoms with Crippen LogP contribution in [0.3, 0.4) is 0 Å². The third-order valence-corrected chi connectivity index (χ3v) is 4.34. The molecule has 1 aliphatic heterocycles. The number of hydrogen-bond donors (Lipinski definition) is 1. The molecule has 0 aliphatic carbocycles. The third kappa shape index (κ3) is 2.70. The summed E-state index contributed by atoms with van der Waals surface area (Å²) < 4.78 is 24.5. The van der Waals surface area contributed by atoms with Crippen molar-refractivity contribution in [2.75, 3.05) is 12.3 Å². The Hall–Kier alpha value is -1.06. The van der Waals surface area contributed by atoms with E-state index in [-0.39, 0.29) is 5.75 Å². The first-order valence-electron chi connectivity index (χ1n) is 4.71. The molecular weight excluding hydrogens is 216 g/mol. The van der Waals surface area contributed by atoms with E-state index in [4.69, 9.17) is 12.2 Å². The first-order valence-corrected chi connectivity index (χ1v) is 6.32. The normalized spacial score (nSPS) is 21.7. The van der Waals surface area contributed by atoms with Gasteiger partial charge in [0, 0.05) is 13.0 Å². The zero-order valence-corrected chi connectivity index (χ0v) is 9.16. The number of carbonyl (C=O) groups is 1. The highest BCUT2D eigenvalue weighted by molar-refractivity contribution is 7.89. The molecule has 1 heterocycles. The van der Waals surface area contributed by atoms with Gasteiger partial charge in [0.2, 0.25) is 15.9 Å². The molecule has 0 saturated carbocycles. The first kappa shape index (κ1) is 12.0. The molecule has 1 amide bonds. The van der Waals surface area contributed by atoms with Crippen molar-refractivity contribution in [1.29, 1.82) is 0 Å². The van der Waals surface area contributed by atoms with Gasteiger partial charge in [-0.2, -0.15) is 4.31 Å². The molecule has 0 aromatic carbocycles. The quantitative estimate of drug-likeness (QED) is 0.500. The van der Waals surface area contributed by atoms with Crippen molar-refractivity contribution in [2.24, 2.45) is 5.73 Å². The number of sulfonamides is 1. The van der Waals surface area contributed by atoms with E-state index in [1.165, 1.54) is 0 Å². The lowest BCUT2D eigenvalue weighted by atomic mass is 10.1. The van der Waals surface area contributed by atoms with Crippen LogP contribution in [-0.4, -0.2) is 37.0 Å². The summed E-state index contributed by atoms with van der Waals surface area (Å²) >= 11 is 0. The Labute approximate surface area is 89.7 Å². The minimum absolute atomic E-state index is 0.0129. The molecule has 0 radical (unpaired) electrons. The average Bonchev–Trinajstić information content (AvgIpc) is 1.99. The zero-order valence-electron chi connectivity index (χ0n) is 8.35. The van der Waals surface area contributed by atoms with Gasteiger partial charge in [-0.15, -0.1) is 12.3 Å². The lowest BCUT2D eigenvalue weighted by Gasteiger charge is -2.37. The van der Waals surface area contributed by atoms with Crippen LogP contribution >= 0.6 is 0 Å². The molecule has 15 heavy (non-hydrogen) atoms. The fourth-order valence-corrected chi connectivity index (χ4v) is 3.18. The fourth-order valence-electron chi connectivity index (χ4n) is 1.45. The van der Waals surface area contributed by atoms with Crippen LogP contribution in [0.15, 0.2) is 0 Å². The number of carbonyl (C=O) groups excluding carboxylic acids is 1. The summed E-state index contributed by atoms with van der Waals surface area (Å²) in [7, 11) is -3.35. The van der Waals surface area contributed by atoms with E-state index in [0.29, 0.717) is 25.8 Å². The number of nitrogens with two attached hydrogens (primary N) is 1. The molecule has 0 bridgehead atoms. The Morgan fingerprint density at radius 1 is 1.60 bits per heavy atom. The second-order valence-electron chi connectivity index (χ2n) is 3.44. The Morgan fingerprint density at radius 3 is 2.67 bits per heavy atom. The lowest BCUT2D eigenvalue weighted by molar-refractivity contribution is -0.124. The molecule has 1 unspecified atom stereocenters. The Bertz CT molecular complexity index is 383. The lowest BCUT2D eigenvalue weighted by Crippen LogP contribution is -2.57. The van der Waals surface area contributed by atoms with Crippen molar-refractivity contribution >= 4 is 15.9 Å². The summed E-state index contributed by atoms with van der Waals surface area (Å²) in [6, 6.07) is -0.652. The molecule has 1 fully saturated rings. The van der Waals surface area contributed by atoms with Crippen LogP contribution in [-0.2, 0) is 14.8 Å². The molecule has 6 heteroatoms. The third-order valence-electron chi connectivity index (χ3n) is 2.38. The Kier molecular flexibility index (Phi) is 3.72. The summed E-state index contributed by atoms with van der Waals surface area (Å²) in [5.41, 5.74) is 5.06. The van der Waals surface area contributed by atoms with E-state index in [1.54, 1.807) is 0 Å². The van der Waals surface area contributed by atoms with Crippen LogP contribution in [0.1, 0.15) is 19.3 Å². The second kappa shape index (κ2) is 4.64. The van der Waals surface area contributed by atoms with Gasteiger partial charge in [-0.1, -0.05) is 0 Å². The molecule has 84 valence electrons. The van der Waals surface area contributed by atoms with E-state index < -0.39 is 22.0 Å². The van der Waals surface area contributed by atoms with Gasteiger partial charge in [0.05, 0.1) is 5.75 Å². The van der Waals surface area contributed by atoms with Gasteiger partial charge < -0.3 is 5.73 Å². The first-order chi connectivity index (χ1) is 6.99. The van der Waals surface area contributed by atoms with Crippen LogP contribution in [0.25, 0.3) is 0 Å². The predicted molar refractivity (Wildman–Crippen MR) is 56.2 cm³/mol. The molecule has 1 atom stereocenters. The number of rotatable bonds is 5. The molecule has 1 saturated heterocycles. The minimum atomic E-state index is -3.35. The van der Waals surface area contributed by atoms with Crippen molar-refractivity contribution in [3.05, 3.63) is 0 Å². The van der Waals surface area contributed by atoms with E-state index >= 15 is 0 Å². The SMILES string of the molecule is C#CCCCS(=O)(=O)N1CCC1C(N)=O. The van der Waals surface area contributed by atoms with Crippen molar-refractivity contribution in [3.8, 4) is 12.3 Å². The molecular formula is C9H14N2O3S. The summed E-state index contributed by atoms with van der Waals surface area (Å²) in [4.78, 5) is 10.9. The van der Waals surface area contributed by atoms with Crippen molar-refractivity contribution in [2.45, 2.75) is 25.3 Å². The Balaban J connectivity index is 2.56. The second-order valence-corrected chi connectivity index (χ2v) is 5.48. The maximum absolute atomic E-state index is 11.7. The van der Waals surface area contributed by atoms with Crippen molar-refractivity contribution in [3.63, 3.8) is 0 Å². The minimum Gasteiger partial charge on any atom is -0.368 e. The van der Waals surface area contributed by atoms with Gasteiger partial charge >= 0.3 is 0 Å². The van der Waals surface area contributed by atoms with Crippen LogP contribution < -0.4 is 5.73 Å². The maximum Gasteiger partial charge on any atom is 0.235 e. The van der Waals surface area contributed by atoms with Gasteiger partial charge in [-0.25, -0.2) is 8.42 Å². The fraction of sp³-hybridized carbons (Fsp3) is 0.667. The number of terminal acetylenes is 1. The zero-order chi connectivity index (χ0) is 11.5. The summed E-state index contributed by atoms with van der Waals surface area (Å²) in [6.45, 7) is 0.381. The maximum atomic E-state index is 11.7. The summed E-state index contributed by atoms with van der Waals surface area (Å²) in [6.07, 6.45) is 6.38. The smallest absolute Gasteiger partial charge is 0.235 e. The highest BCUT2D eigenvalue weighted by atomic mass is 32.2. The summed E-state index contributed by atoms with van der Waals surface area (Å²) in [5.74, 6) is 1.78. The van der Waals surface area contributed by atoms with Crippen LogP contribution in [0.5, 0.6) is 0 Å². The highest BCUT2D eigenvalue weighted by Crippen LogP contribution is 2.22. The predicted octanol–water partition coefficient (Wildman–Crippen LogP) is -0.711. The van der Waals surface area contributed by atoms with Crippen LogP contribution in [0, 0.1) is 12.3 Å². The average molecular weight is 230 g/mol. The van der Waals surface area contributed by atoms with E-state index in [1.807, 2.05) is 0 Å². The highest BCUT2D eigenvalue weighted by Gasteiger charge is 2.40. The molecule has 0 aromatic heterocycles. The molecule has 2 N–H and O–H groups in total. The Morgan fingerprint density at radius 2 is 2.27 bits per heavy atom. The molecule has 0 spiro atoms. The van der Waals surface area contributed by atoms with Gasteiger partial charge in [-0.3, -0.25) is 4.79 Å². The number of unbranched alkanes of at least 4 members (excludes halogenated alkanes) is 1. The van der Waals surface area contributed by atoms with E-state index in [0.717, 1.165) is 4.31 Å². The monoisotopic (exact) mass is 230 g/mol. The van der Waals surface area contributed by atoms with E-state index in [2.05, 4.69) is 5.92 Å². The molecule has 0 aromatic rings. The molecule has 5 nitrogen and oxygen atoms in total.